The predicted molar refractivity (Wildman–Crippen MR) is 104 cm³/mol. The van der Waals surface area contributed by atoms with E-state index >= 15 is 0 Å². The summed E-state index contributed by atoms with van der Waals surface area (Å²) in [6.07, 6.45) is 1.66. The van der Waals surface area contributed by atoms with Gasteiger partial charge in [0.05, 0.1) is 12.2 Å². The lowest BCUT2D eigenvalue weighted by molar-refractivity contribution is 0.0945. The van der Waals surface area contributed by atoms with E-state index in [4.69, 9.17) is 0 Å². The summed E-state index contributed by atoms with van der Waals surface area (Å²) < 4.78 is 0. The van der Waals surface area contributed by atoms with Gasteiger partial charge in [-0.05, 0) is 61.4 Å². The number of rotatable bonds is 5. The molecule has 0 atom stereocenters. The number of carbonyl (C=O) groups is 2. The largest absolute Gasteiger partial charge is 0.345 e. The molecule has 0 aliphatic carbocycles. The molecule has 0 unspecified atom stereocenters. The lowest BCUT2D eigenvalue weighted by Gasteiger charge is -2.08. The van der Waals surface area contributed by atoms with Crippen LogP contribution in [0.3, 0.4) is 0 Å². The zero-order valence-electron chi connectivity index (χ0n) is 15.2. The molecule has 1 aromatic carbocycles. The molecule has 2 N–H and O–H groups in total. The predicted octanol–water partition coefficient (Wildman–Crippen LogP) is 3.28. The highest BCUT2D eigenvalue weighted by Crippen LogP contribution is 2.14. The molecule has 2 amide bonds. The molecule has 136 valence electrons. The van der Waals surface area contributed by atoms with Crippen LogP contribution in [0.4, 0.5) is 5.69 Å². The normalized spacial score (nSPS) is 10.3. The fourth-order valence-electron chi connectivity index (χ4n) is 2.69. The van der Waals surface area contributed by atoms with Crippen LogP contribution < -0.4 is 10.6 Å². The lowest BCUT2D eigenvalue weighted by Crippen LogP contribution is -2.25. The van der Waals surface area contributed by atoms with Gasteiger partial charge in [-0.1, -0.05) is 18.2 Å². The summed E-state index contributed by atoms with van der Waals surface area (Å²) in [6, 6.07) is 16.1. The average molecular weight is 360 g/mol. The van der Waals surface area contributed by atoms with E-state index < -0.39 is 0 Å². The molecular formula is C21H20N4O2. The van der Waals surface area contributed by atoms with Crippen molar-refractivity contribution in [2.75, 3.05) is 5.32 Å². The van der Waals surface area contributed by atoms with Gasteiger partial charge in [0.2, 0.25) is 0 Å². The fourth-order valence-corrected chi connectivity index (χ4v) is 2.69. The van der Waals surface area contributed by atoms with Crippen molar-refractivity contribution >= 4 is 17.5 Å². The van der Waals surface area contributed by atoms with Crippen LogP contribution in [0.2, 0.25) is 0 Å². The number of nitrogens with zero attached hydrogens (tertiary/aromatic N) is 2. The summed E-state index contributed by atoms with van der Waals surface area (Å²) in [5.41, 5.74) is 3.92. The maximum absolute atomic E-state index is 12.5. The second kappa shape index (κ2) is 8.23. The number of pyridine rings is 2. The number of hydrogen-bond acceptors (Lipinski definition) is 4. The summed E-state index contributed by atoms with van der Waals surface area (Å²) in [6.45, 7) is 4.22. The number of aryl methyl sites for hydroxylation is 2. The molecule has 6 nitrogen and oxygen atoms in total. The van der Waals surface area contributed by atoms with Gasteiger partial charge < -0.3 is 10.6 Å². The van der Waals surface area contributed by atoms with E-state index in [9.17, 15) is 9.59 Å². The van der Waals surface area contributed by atoms with Gasteiger partial charge in [-0.25, -0.2) is 4.98 Å². The van der Waals surface area contributed by atoms with E-state index in [2.05, 4.69) is 20.6 Å². The SMILES string of the molecule is Cc1cc(C)cc(NC(=O)c2cccc(C(=O)NCc3ccccn3)n2)c1. The molecule has 3 rings (SSSR count). The Hall–Kier alpha value is -3.54. The highest BCUT2D eigenvalue weighted by molar-refractivity contribution is 6.03. The number of anilines is 1. The Morgan fingerprint density at radius 2 is 1.59 bits per heavy atom. The first-order chi connectivity index (χ1) is 13.0. The van der Waals surface area contributed by atoms with Crippen molar-refractivity contribution in [3.05, 3.63) is 89.0 Å². The first-order valence-corrected chi connectivity index (χ1v) is 8.56. The first kappa shape index (κ1) is 18.3. The van der Waals surface area contributed by atoms with Crippen LogP contribution in [-0.2, 0) is 6.54 Å². The van der Waals surface area contributed by atoms with Crippen molar-refractivity contribution in [3.8, 4) is 0 Å². The summed E-state index contributed by atoms with van der Waals surface area (Å²) in [5, 5.41) is 5.57. The van der Waals surface area contributed by atoms with Crippen LogP contribution in [0.25, 0.3) is 0 Å². The molecule has 27 heavy (non-hydrogen) atoms. The van der Waals surface area contributed by atoms with Crippen LogP contribution in [0, 0.1) is 13.8 Å². The van der Waals surface area contributed by atoms with Crippen LogP contribution in [-0.4, -0.2) is 21.8 Å². The van der Waals surface area contributed by atoms with E-state index in [1.54, 1.807) is 24.4 Å². The highest BCUT2D eigenvalue weighted by atomic mass is 16.2. The number of benzene rings is 1. The third-order valence-corrected chi connectivity index (χ3v) is 3.85. The third kappa shape index (κ3) is 4.98. The quantitative estimate of drug-likeness (QED) is 0.731. The molecule has 0 aliphatic rings. The molecule has 2 aromatic heterocycles. The van der Waals surface area contributed by atoms with Gasteiger partial charge in [-0.15, -0.1) is 0 Å². The monoisotopic (exact) mass is 360 g/mol. The number of aromatic nitrogens is 2. The maximum atomic E-state index is 12.5. The molecule has 0 aliphatic heterocycles. The summed E-state index contributed by atoms with van der Waals surface area (Å²) in [7, 11) is 0. The Morgan fingerprint density at radius 1 is 0.889 bits per heavy atom. The van der Waals surface area contributed by atoms with Crippen LogP contribution in [0.5, 0.6) is 0 Å². The third-order valence-electron chi connectivity index (χ3n) is 3.85. The van der Waals surface area contributed by atoms with Crippen molar-refractivity contribution in [2.24, 2.45) is 0 Å². The fraction of sp³-hybridized carbons (Fsp3) is 0.143. The molecule has 0 saturated heterocycles. The lowest BCUT2D eigenvalue weighted by atomic mass is 10.1. The van der Waals surface area contributed by atoms with Crippen molar-refractivity contribution < 1.29 is 9.59 Å². The minimum Gasteiger partial charge on any atom is -0.345 e. The zero-order valence-corrected chi connectivity index (χ0v) is 15.2. The van der Waals surface area contributed by atoms with Gasteiger partial charge in [0.1, 0.15) is 11.4 Å². The number of amides is 2. The average Bonchev–Trinajstić information content (AvgIpc) is 2.66. The van der Waals surface area contributed by atoms with E-state index in [-0.39, 0.29) is 23.2 Å². The van der Waals surface area contributed by atoms with Gasteiger partial charge in [0.25, 0.3) is 11.8 Å². The zero-order chi connectivity index (χ0) is 19.2. The van der Waals surface area contributed by atoms with Crippen molar-refractivity contribution in [2.45, 2.75) is 20.4 Å². The maximum Gasteiger partial charge on any atom is 0.274 e. The Kier molecular flexibility index (Phi) is 5.56. The van der Waals surface area contributed by atoms with Crippen LogP contribution in [0.1, 0.15) is 37.8 Å². The van der Waals surface area contributed by atoms with E-state index in [1.807, 2.05) is 50.2 Å². The van der Waals surface area contributed by atoms with Crippen LogP contribution >= 0.6 is 0 Å². The smallest absolute Gasteiger partial charge is 0.274 e. The molecule has 2 heterocycles. The number of nitrogens with one attached hydrogen (secondary N) is 2. The standard InChI is InChI=1S/C21H20N4O2/c1-14-10-15(2)12-17(11-14)24-21(27)19-8-5-7-18(25-19)20(26)23-13-16-6-3-4-9-22-16/h3-12H,13H2,1-2H3,(H,23,26)(H,24,27). The Morgan fingerprint density at radius 3 is 2.26 bits per heavy atom. The molecule has 0 bridgehead atoms. The highest BCUT2D eigenvalue weighted by Gasteiger charge is 2.13. The number of carbonyl (C=O) groups excluding carboxylic acids is 2. The van der Waals surface area contributed by atoms with Gasteiger partial charge in [0, 0.05) is 11.9 Å². The van der Waals surface area contributed by atoms with Gasteiger partial charge >= 0.3 is 0 Å². The minimum absolute atomic E-state index is 0.180. The van der Waals surface area contributed by atoms with Crippen molar-refractivity contribution in [1.82, 2.24) is 15.3 Å². The second-order valence-corrected chi connectivity index (χ2v) is 6.24. The van der Waals surface area contributed by atoms with Gasteiger partial charge in [-0.3, -0.25) is 14.6 Å². The molecule has 0 radical (unpaired) electrons. The molecule has 3 aromatic rings. The van der Waals surface area contributed by atoms with E-state index in [1.165, 1.54) is 0 Å². The minimum atomic E-state index is -0.362. The summed E-state index contributed by atoms with van der Waals surface area (Å²) in [4.78, 5) is 33.1. The van der Waals surface area contributed by atoms with Gasteiger partial charge in [0.15, 0.2) is 0 Å². The molecule has 0 saturated carbocycles. The molecular weight excluding hydrogens is 340 g/mol. The Labute approximate surface area is 157 Å². The summed E-state index contributed by atoms with van der Waals surface area (Å²) in [5.74, 6) is -0.721. The first-order valence-electron chi connectivity index (χ1n) is 8.56. The van der Waals surface area contributed by atoms with E-state index in [0.717, 1.165) is 16.8 Å². The number of hydrogen-bond donors (Lipinski definition) is 2. The van der Waals surface area contributed by atoms with Crippen molar-refractivity contribution in [1.29, 1.82) is 0 Å². The second-order valence-electron chi connectivity index (χ2n) is 6.24. The summed E-state index contributed by atoms with van der Waals surface area (Å²) >= 11 is 0. The van der Waals surface area contributed by atoms with Gasteiger partial charge in [-0.2, -0.15) is 0 Å². The molecule has 6 heteroatoms. The van der Waals surface area contributed by atoms with E-state index in [0.29, 0.717) is 12.2 Å². The molecule has 0 spiro atoms. The Bertz CT molecular complexity index is 951. The topological polar surface area (TPSA) is 84.0 Å². The van der Waals surface area contributed by atoms with Crippen molar-refractivity contribution in [3.63, 3.8) is 0 Å². The van der Waals surface area contributed by atoms with Crippen LogP contribution in [0.15, 0.2) is 60.8 Å². The Balaban J connectivity index is 1.68. The molecule has 0 fully saturated rings.